The van der Waals surface area contributed by atoms with Gasteiger partial charge in [-0.3, -0.25) is 0 Å². The highest BCUT2D eigenvalue weighted by Crippen LogP contribution is 2.21. The first-order chi connectivity index (χ1) is 10.1. The van der Waals surface area contributed by atoms with E-state index < -0.39 is 12.1 Å². The molecule has 1 atom stereocenters. The van der Waals surface area contributed by atoms with Crippen molar-refractivity contribution in [3.63, 3.8) is 0 Å². The summed E-state index contributed by atoms with van der Waals surface area (Å²) in [5.74, 6) is -0.967. The molecule has 0 saturated carbocycles. The minimum atomic E-state index is -0.967. The zero-order chi connectivity index (χ0) is 15.2. The van der Waals surface area contributed by atoms with E-state index >= 15 is 0 Å². The molecule has 110 valence electrons. The Balaban J connectivity index is 2.06. The van der Waals surface area contributed by atoms with E-state index in [0.717, 1.165) is 16.7 Å². The van der Waals surface area contributed by atoms with Crippen LogP contribution in [0.1, 0.15) is 16.7 Å². The number of aliphatic carboxylic acids is 1. The largest absolute Gasteiger partial charge is 0.479 e. The Morgan fingerprint density at radius 2 is 1.90 bits per heavy atom. The first kappa shape index (κ1) is 15.5. The maximum Gasteiger partial charge on any atom is 0.333 e. The fraction of sp³-hybridized carbons (Fsp3) is 0.235. The van der Waals surface area contributed by atoms with Gasteiger partial charge < -0.3 is 9.84 Å². The molecule has 0 radical (unpaired) electrons. The summed E-state index contributed by atoms with van der Waals surface area (Å²) in [6, 6.07) is 15.0. The molecule has 4 heteroatoms. The van der Waals surface area contributed by atoms with Gasteiger partial charge in [0.05, 0.1) is 6.61 Å². The molecule has 0 aliphatic carbocycles. The van der Waals surface area contributed by atoms with Crippen LogP contribution < -0.4 is 0 Å². The lowest BCUT2D eigenvalue weighted by molar-refractivity contribution is -0.151. The normalized spacial score (nSPS) is 12.1. The Labute approximate surface area is 129 Å². The average Bonchev–Trinajstić information content (AvgIpc) is 2.48. The van der Waals surface area contributed by atoms with E-state index in [2.05, 4.69) is 0 Å². The lowest BCUT2D eigenvalue weighted by Crippen LogP contribution is -2.26. The van der Waals surface area contributed by atoms with Crippen LogP contribution in [0.3, 0.4) is 0 Å². The molecule has 2 aromatic carbocycles. The average molecular weight is 305 g/mol. The Morgan fingerprint density at radius 1 is 1.19 bits per heavy atom. The van der Waals surface area contributed by atoms with Crippen LogP contribution in [0.25, 0.3) is 0 Å². The smallest absolute Gasteiger partial charge is 0.333 e. The molecule has 21 heavy (non-hydrogen) atoms. The lowest BCUT2D eigenvalue weighted by Gasteiger charge is -2.15. The van der Waals surface area contributed by atoms with Crippen molar-refractivity contribution < 1.29 is 14.6 Å². The van der Waals surface area contributed by atoms with Gasteiger partial charge in [-0.1, -0.05) is 54.1 Å². The van der Waals surface area contributed by atoms with Gasteiger partial charge in [0, 0.05) is 11.4 Å². The molecule has 0 aliphatic rings. The quantitative estimate of drug-likeness (QED) is 0.881. The number of rotatable bonds is 6. The van der Waals surface area contributed by atoms with Crippen molar-refractivity contribution in [2.45, 2.75) is 26.1 Å². The summed E-state index contributed by atoms with van der Waals surface area (Å²) >= 11 is 6.06. The molecule has 1 N–H and O–H groups in total. The van der Waals surface area contributed by atoms with Crippen molar-refractivity contribution in [2.24, 2.45) is 0 Å². The number of hydrogen-bond acceptors (Lipinski definition) is 2. The highest BCUT2D eigenvalue weighted by atomic mass is 35.5. The monoisotopic (exact) mass is 304 g/mol. The Hall–Kier alpha value is -1.84. The minimum absolute atomic E-state index is 0.275. The molecular formula is C17H17ClO3. The van der Waals surface area contributed by atoms with Gasteiger partial charge in [0.15, 0.2) is 6.10 Å². The fourth-order valence-electron chi connectivity index (χ4n) is 2.06. The zero-order valence-corrected chi connectivity index (χ0v) is 12.5. The molecule has 3 nitrogen and oxygen atoms in total. The van der Waals surface area contributed by atoms with E-state index in [4.69, 9.17) is 16.3 Å². The first-order valence-corrected chi connectivity index (χ1v) is 7.08. The molecule has 0 aromatic heterocycles. The van der Waals surface area contributed by atoms with Crippen LogP contribution >= 0.6 is 11.6 Å². The summed E-state index contributed by atoms with van der Waals surface area (Å²) in [6.07, 6.45) is -0.587. The summed E-state index contributed by atoms with van der Waals surface area (Å²) in [5.41, 5.74) is 2.74. The zero-order valence-electron chi connectivity index (χ0n) is 11.8. The Kier molecular flexibility index (Phi) is 5.37. The van der Waals surface area contributed by atoms with Gasteiger partial charge in [0.25, 0.3) is 0 Å². The van der Waals surface area contributed by atoms with E-state index in [9.17, 15) is 9.90 Å². The molecule has 0 fully saturated rings. The number of carboxylic acids is 1. The third-order valence-corrected chi connectivity index (χ3v) is 3.76. The van der Waals surface area contributed by atoms with Crippen molar-refractivity contribution in [3.05, 3.63) is 70.2 Å². The molecular weight excluding hydrogens is 288 g/mol. The predicted octanol–water partition coefficient (Wildman–Crippen LogP) is 3.86. The van der Waals surface area contributed by atoms with Crippen LogP contribution in [0.4, 0.5) is 0 Å². The van der Waals surface area contributed by atoms with Gasteiger partial charge in [-0.15, -0.1) is 0 Å². The van der Waals surface area contributed by atoms with Crippen molar-refractivity contribution in [2.75, 3.05) is 0 Å². The molecule has 0 spiro atoms. The van der Waals surface area contributed by atoms with Gasteiger partial charge >= 0.3 is 5.97 Å². The third-order valence-electron chi connectivity index (χ3n) is 3.35. The molecule has 0 bridgehead atoms. The number of benzene rings is 2. The second-order valence-corrected chi connectivity index (χ2v) is 5.26. The molecule has 0 unspecified atom stereocenters. The minimum Gasteiger partial charge on any atom is -0.479 e. The summed E-state index contributed by atoms with van der Waals surface area (Å²) in [4.78, 5) is 11.4. The lowest BCUT2D eigenvalue weighted by atomic mass is 10.0. The van der Waals surface area contributed by atoms with Crippen LogP contribution in [0.15, 0.2) is 48.5 Å². The Morgan fingerprint density at radius 3 is 2.57 bits per heavy atom. The van der Waals surface area contributed by atoms with Crippen LogP contribution in [0, 0.1) is 6.92 Å². The number of carbonyl (C=O) groups is 1. The first-order valence-electron chi connectivity index (χ1n) is 6.70. The van der Waals surface area contributed by atoms with E-state index in [1.807, 2.05) is 49.4 Å². The van der Waals surface area contributed by atoms with Crippen LogP contribution in [0.2, 0.25) is 5.02 Å². The molecule has 2 rings (SSSR count). The predicted molar refractivity (Wildman–Crippen MR) is 82.5 cm³/mol. The van der Waals surface area contributed by atoms with Crippen LogP contribution in [-0.4, -0.2) is 17.2 Å². The maximum absolute atomic E-state index is 11.4. The third kappa shape index (κ3) is 4.31. The maximum atomic E-state index is 11.4. The van der Waals surface area contributed by atoms with Gasteiger partial charge in [0.1, 0.15) is 0 Å². The van der Waals surface area contributed by atoms with Crippen LogP contribution in [-0.2, 0) is 22.6 Å². The second-order valence-electron chi connectivity index (χ2n) is 4.85. The number of halogens is 1. The number of hydrogen-bond donors (Lipinski definition) is 1. The number of carboxylic acid groups (broad SMARTS) is 1. The Bertz CT molecular complexity index is 611. The second kappa shape index (κ2) is 7.25. The summed E-state index contributed by atoms with van der Waals surface area (Å²) in [6.45, 7) is 2.16. The van der Waals surface area contributed by atoms with Crippen molar-refractivity contribution in [3.8, 4) is 0 Å². The van der Waals surface area contributed by atoms with Gasteiger partial charge in [-0.25, -0.2) is 4.79 Å². The molecule has 0 heterocycles. The van der Waals surface area contributed by atoms with Gasteiger partial charge in [-0.2, -0.15) is 0 Å². The van der Waals surface area contributed by atoms with Crippen LogP contribution in [0.5, 0.6) is 0 Å². The van der Waals surface area contributed by atoms with E-state index in [0.29, 0.717) is 11.4 Å². The van der Waals surface area contributed by atoms with E-state index in [-0.39, 0.29) is 6.61 Å². The highest BCUT2D eigenvalue weighted by Gasteiger charge is 2.20. The molecule has 2 aromatic rings. The van der Waals surface area contributed by atoms with Crippen molar-refractivity contribution in [1.82, 2.24) is 0 Å². The van der Waals surface area contributed by atoms with E-state index in [1.54, 1.807) is 6.07 Å². The summed E-state index contributed by atoms with van der Waals surface area (Å²) in [5, 5.41) is 9.95. The van der Waals surface area contributed by atoms with E-state index in [1.165, 1.54) is 0 Å². The van der Waals surface area contributed by atoms with Gasteiger partial charge in [0.2, 0.25) is 0 Å². The SMILES string of the molecule is Cc1c(Cl)cccc1C[C@@H](OCc1ccccc1)C(=O)O. The molecule has 0 amide bonds. The highest BCUT2D eigenvalue weighted by molar-refractivity contribution is 6.31. The van der Waals surface area contributed by atoms with Crippen molar-refractivity contribution >= 4 is 17.6 Å². The molecule has 0 saturated heterocycles. The summed E-state index contributed by atoms with van der Waals surface area (Å²) in [7, 11) is 0. The standard InChI is InChI=1S/C17H17ClO3/c1-12-14(8-5-9-15(12)18)10-16(17(19)20)21-11-13-6-3-2-4-7-13/h2-9,16H,10-11H2,1H3,(H,19,20)/t16-/m1/s1. The fourth-order valence-corrected chi connectivity index (χ4v) is 2.26. The number of ether oxygens (including phenoxy) is 1. The summed E-state index contributed by atoms with van der Waals surface area (Å²) < 4.78 is 5.55. The molecule has 0 aliphatic heterocycles. The van der Waals surface area contributed by atoms with Gasteiger partial charge in [-0.05, 0) is 29.7 Å². The van der Waals surface area contributed by atoms with Crippen molar-refractivity contribution in [1.29, 1.82) is 0 Å². The topological polar surface area (TPSA) is 46.5 Å².